The van der Waals surface area contributed by atoms with Crippen LogP contribution in [0.3, 0.4) is 0 Å². The van der Waals surface area contributed by atoms with Gasteiger partial charge in [-0.3, -0.25) is 0 Å². The lowest BCUT2D eigenvalue weighted by atomic mass is 9.96. The topological polar surface area (TPSA) is 26.0 Å². The molecular formula is C17H20BrN. The predicted molar refractivity (Wildman–Crippen MR) is 85.2 cm³/mol. The fourth-order valence-electron chi connectivity index (χ4n) is 2.20. The molecule has 0 saturated carbocycles. The minimum absolute atomic E-state index is 0.0544. The first-order chi connectivity index (χ1) is 9.06. The van der Waals surface area contributed by atoms with Gasteiger partial charge in [0.1, 0.15) is 0 Å². The predicted octanol–water partition coefficient (Wildman–Crippen LogP) is 4.70. The second kappa shape index (κ2) is 6.36. The summed E-state index contributed by atoms with van der Waals surface area (Å²) in [5.41, 5.74) is 9.98. The monoisotopic (exact) mass is 317 g/mol. The molecule has 1 unspecified atom stereocenters. The average molecular weight is 318 g/mol. The van der Waals surface area contributed by atoms with Gasteiger partial charge in [-0.25, -0.2) is 0 Å². The molecule has 2 N–H and O–H groups in total. The molecule has 0 amide bonds. The highest BCUT2D eigenvalue weighted by molar-refractivity contribution is 9.10. The van der Waals surface area contributed by atoms with E-state index in [2.05, 4.69) is 66.2 Å². The van der Waals surface area contributed by atoms with Crippen LogP contribution in [-0.4, -0.2) is 0 Å². The van der Waals surface area contributed by atoms with E-state index in [-0.39, 0.29) is 6.04 Å². The third-order valence-corrected chi connectivity index (χ3v) is 3.74. The number of nitrogens with two attached hydrogens (primary N) is 1. The third-order valence-electron chi connectivity index (χ3n) is 3.21. The summed E-state index contributed by atoms with van der Waals surface area (Å²) in [6, 6.07) is 16.8. The van der Waals surface area contributed by atoms with Crippen LogP contribution in [0.25, 0.3) is 0 Å². The van der Waals surface area contributed by atoms with Gasteiger partial charge in [0.2, 0.25) is 0 Å². The second-order valence-electron chi connectivity index (χ2n) is 5.37. The molecule has 100 valence electrons. The molecule has 0 fully saturated rings. The maximum absolute atomic E-state index is 6.30. The number of hydrogen-bond donors (Lipinski definition) is 1. The van der Waals surface area contributed by atoms with Gasteiger partial charge in [-0.1, -0.05) is 66.2 Å². The lowest BCUT2D eigenvalue weighted by Gasteiger charge is -2.14. The molecule has 0 aromatic heterocycles. The Hall–Kier alpha value is -1.12. The van der Waals surface area contributed by atoms with Crippen LogP contribution in [-0.2, 0) is 6.42 Å². The van der Waals surface area contributed by atoms with Gasteiger partial charge in [-0.05, 0) is 41.2 Å². The van der Waals surface area contributed by atoms with Gasteiger partial charge < -0.3 is 5.73 Å². The van der Waals surface area contributed by atoms with Gasteiger partial charge in [0.15, 0.2) is 0 Å². The van der Waals surface area contributed by atoms with Crippen LogP contribution >= 0.6 is 15.9 Å². The van der Waals surface area contributed by atoms with Gasteiger partial charge >= 0.3 is 0 Å². The maximum atomic E-state index is 6.30. The summed E-state index contributed by atoms with van der Waals surface area (Å²) in [4.78, 5) is 0. The first kappa shape index (κ1) is 14.3. The molecule has 1 atom stereocenters. The van der Waals surface area contributed by atoms with Gasteiger partial charge in [-0.15, -0.1) is 0 Å². The number of rotatable bonds is 4. The Labute approximate surface area is 124 Å². The van der Waals surface area contributed by atoms with Gasteiger partial charge in [0, 0.05) is 4.47 Å². The molecule has 2 aromatic rings. The number of hydrogen-bond acceptors (Lipinski definition) is 1. The zero-order chi connectivity index (χ0) is 13.8. The van der Waals surface area contributed by atoms with Crippen molar-refractivity contribution in [2.75, 3.05) is 0 Å². The molecule has 0 aliphatic rings. The summed E-state index contributed by atoms with van der Waals surface area (Å²) >= 11 is 3.44. The van der Waals surface area contributed by atoms with Crippen molar-refractivity contribution in [3.8, 4) is 0 Å². The standard InChI is InChI=1S/C17H20BrN/c1-12(2)11-13-3-5-14(6-4-13)17(19)15-7-9-16(18)10-8-15/h3-10,12,17H,11,19H2,1-2H3. The summed E-state index contributed by atoms with van der Waals surface area (Å²) in [5, 5.41) is 0. The quantitative estimate of drug-likeness (QED) is 0.869. The molecule has 2 rings (SSSR count). The van der Waals surface area contributed by atoms with Crippen molar-refractivity contribution in [2.24, 2.45) is 11.7 Å². The lowest BCUT2D eigenvalue weighted by molar-refractivity contribution is 0.647. The molecule has 1 nitrogen and oxygen atoms in total. The van der Waals surface area contributed by atoms with Gasteiger partial charge in [0.05, 0.1) is 6.04 Å². The van der Waals surface area contributed by atoms with Crippen LogP contribution in [0, 0.1) is 5.92 Å². The molecule has 0 spiro atoms. The van der Waals surface area contributed by atoms with Crippen LogP contribution in [0.1, 0.15) is 36.6 Å². The van der Waals surface area contributed by atoms with Crippen molar-refractivity contribution in [3.63, 3.8) is 0 Å². The van der Waals surface area contributed by atoms with E-state index in [0.29, 0.717) is 5.92 Å². The Balaban J connectivity index is 2.15. The molecular weight excluding hydrogens is 298 g/mol. The average Bonchev–Trinajstić information content (AvgIpc) is 2.39. The zero-order valence-electron chi connectivity index (χ0n) is 11.4. The van der Waals surface area contributed by atoms with E-state index in [1.807, 2.05) is 12.1 Å². The molecule has 0 radical (unpaired) electrons. The first-order valence-electron chi connectivity index (χ1n) is 6.66. The van der Waals surface area contributed by atoms with E-state index in [1.54, 1.807) is 0 Å². The zero-order valence-corrected chi connectivity index (χ0v) is 13.0. The van der Waals surface area contributed by atoms with Crippen molar-refractivity contribution in [1.29, 1.82) is 0 Å². The van der Waals surface area contributed by atoms with E-state index < -0.39 is 0 Å². The maximum Gasteiger partial charge on any atom is 0.0551 e. The Kier molecular flexibility index (Phi) is 4.78. The molecule has 19 heavy (non-hydrogen) atoms. The van der Waals surface area contributed by atoms with E-state index in [9.17, 15) is 0 Å². The summed E-state index contributed by atoms with van der Waals surface area (Å²) in [6.45, 7) is 4.48. The largest absolute Gasteiger partial charge is 0.320 e. The Bertz CT molecular complexity index is 514. The molecule has 0 saturated heterocycles. The number of halogens is 1. The van der Waals surface area contributed by atoms with Crippen LogP contribution in [0.2, 0.25) is 0 Å². The molecule has 2 heteroatoms. The second-order valence-corrected chi connectivity index (χ2v) is 6.28. The van der Waals surface area contributed by atoms with E-state index in [0.717, 1.165) is 22.0 Å². The van der Waals surface area contributed by atoms with Gasteiger partial charge in [-0.2, -0.15) is 0 Å². The lowest BCUT2D eigenvalue weighted by Crippen LogP contribution is -2.11. The normalized spacial score (nSPS) is 12.7. The van der Waals surface area contributed by atoms with E-state index in [1.165, 1.54) is 5.56 Å². The first-order valence-corrected chi connectivity index (χ1v) is 7.45. The van der Waals surface area contributed by atoms with Crippen molar-refractivity contribution >= 4 is 15.9 Å². The van der Waals surface area contributed by atoms with Crippen LogP contribution in [0.4, 0.5) is 0 Å². The molecule has 0 bridgehead atoms. The molecule has 0 aliphatic heterocycles. The van der Waals surface area contributed by atoms with Gasteiger partial charge in [0.25, 0.3) is 0 Å². The fourth-order valence-corrected chi connectivity index (χ4v) is 2.46. The van der Waals surface area contributed by atoms with Crippen LogP contribution in [0.5, 0.6) is 0 Å². The summed E-state index contributed by atoms with van der Waals surface area (Å²) in [7, 11) is 0. The Morgan fingerprint density at radius 1 is 0.895 bits per heavy atom. The van der Waals surface area contributed by atoms with E-state index in [4.69, 9.17) is 5.73 Å². The van der Waals surface area contributed by atoms with Crippen molar-refractivity contribution in [3.05, 3.63) is 69.7 Å². The Morgan fingerprint density at radius 3 is 1.84 bits per heavy atom. The minimum atomic E-state index is -0.0544. The van der Waals surface area contributed by atoms with Crippen LogP contribution < -0.4 is 5.73 Å². The number of benzene rings is 2. The highest BCUT2D eigenvalue weighted by Gasteiger charge is 2.08. The minimum Gasteiger partial charge on any atom is -0.320 e. The highest BCUT2D eigenvalue weighted by Crippen LogP contribution is 2.22. The highest BCUT2D eigenvalue weighted by atomic mass is 79.9. The van der Waals surface area contributed by atoms with Crippen LogP contribution in [0.15, 0.2) is 53.0 Å². The molecule has 0 aliphatic carbocycles. The third kappa shape index (κ3) is 3.92. The van der Waals surface area contributed by atoms with E-state index >= 15 is 0 Å². The fraction of sp³-hybridized carbons (Fsp3) is 0.294. The molecule has 0 heterocycles. The van der Waals surface area contributed by atoms with Crippen molar-refractivity contribution in [1.82, 2.24) is 0 Å². The summed E-state index contributed by atoms with van der Waals surface area (Å²) in [6.07, 6.45) is 1.12. The summed E-state index contributed by atoms with van der Waals surface area (Å²) < 4.78 is 1.08. The SMILES string of the molecule is CC(C)Cc1ccc(C(N)c2ccc(Br)cc2)cc1. The van der Waals surface area contributed by atoms with Crippen molar-refractivity contribution in [2.45, 2.75) is 26.3 Å². The summed E-state index contributed by atoms with van der Waals surface area (Å²) in [5.74, 6) is 0.686. The Morgan fingerprint density at radius 2 is 1.37 bits per heavy atom. The smallest absolute Gasteiger partial charge is 0.0551 e. The molecule has 2 aromatic carbocycles. The van der Waals surface area contributed by atoms with Crippen molar-refractivity contribution < 1.29 is 0 Å².